The van der Waals surface area contributed by atoms with Crippen molar-refractivity contribution in [3.63, 3.8) is 0 Å². The van der Waals surface area contributed by atoms with Crippen molar-refractivity contribution < 1.29 is 19.4 Å². The van der Waals surface area contributed by atoms with Crippen molar-refractivity contribution in [3.05, 3.63) is 102 Å². The second-order valence-corrected chi connectivity index (χ2v) is 10.3. The number of hydrogen-bond donors (Lipinski definition) is 1. The second-order valence-electron chi connectivity index (χ2n) is 10.3. The second kappa shape index (κ2) is 11.3. The van der Waals surface area contributed by atoms with Gasteiger partial charge in [0.25, 0.3) is 5.91 Å². The van der Waals surface area contributed by atoms with Gasteiger partial charge in [0.05, 0.1) is 6.61 Å². The summed E-state index contributed by atoms with van der Waals surface area (Å²) in [5, 5.41) is 13.5. The number of carboxylic acid groups (broad SMARTS) is 1. The summed E-state index contributed by atoms with van der Waals surface area (Å²) < 4.78 is 8.02. The number of carboxylic acids is 1. The van der Waals surface area contributed by atoms with Gasteiger partial charge in [-0.15, -0.1) is 0 Å². The van der Waals surface area contributed by atoms with Gasteiger partial charge >= 0.3 is 5.97 Å². The fraction of sp³-hybridized carbons (Fsp3) is 0.235. The zero-order chi connectivity index (χ0) is 27.5. The lowest BCUT2D eigenvalue weighted by molar-refractivity contribution is 0.0684. The molecule has 6 nitrogen and oxygen atoms in total. The topological polar surface area (TPSA) is 71.8 Å². The first-order chi connectivity index (χ1) is 19.6. The number of fused-ring (bicyclic) bond motifs is 2. The molecule has 0 aliphatic carbocycles. The summed E-state index contributed by atoms with van der Waals surface area (Å²) in [6.45, 7) is 2.47. The number of nitrogens with zero attached hydrogens (tertiary/aromatic N) is 2. The fourth-order valence-corrected chi connectivity index (χ4v) is 5.86. The molecule has 5 aromatic rings. The van der Waals surface area contributed by atoms with E-state index in [9.17, 15) is 14.7 Å². The largest absolute Gasteiger partial charge is 0.493 e. The molecule has 1 amide bonds. The number of hydrogen-bond acceptors (Lipinski definition) is 3. The van der Waals surface area contributed by atoms with Gasteiger partial charge in [-0.3, -0.25) is 4.79 Å². The van der Waals surface area contributed by atoms with Crippen LogP contribution in [0.3, 0.4) is 0 Å². The molecule has 202 valence electrons. The molecule has 1 N–H and O–H groups in total. The monoisotopic (exact) mass is 532 g/mol. The summed E-state index contributed by atoms with van der Waals surface area (Å²) >= 11 is 0. The highest BCUT2D eigenvalue weighted by atomic mass is 16.5. The van der Waals surface area contributed by atoms with E-state index in [-0.39, 0.29) is 11.6 Å². The lowest BCUT2D eigenvalue weighted by atomic mass is 9.99. The van der Waals surface area contributed by atoms with E-state index >= 15 is 0 Å². The van der Waals surface area contributed by atoms with Gasteiger partial charge in [-0.25, -0.2) is 4.79 Å². The van der Waals surface area contributed by atoms with E-state index in [0.717, 1.165) is 65.3 Å². The highest BCUT2D eigenvalue weighted by Crippen LogP contribution is 2.36. The molecule has 4 aromatic carbocycles. The van der Waals surface area contributed by atoms with Gasteiger partial charge in [-0.05, 0) is 60.9 Å². The number of carbonyl (C=O) groups is 2. The minimum absolute atomic E-state index is 0.00717. The molecular formula is C34H32N2O4. The lowest BCUT2D eigenvalue weighted by Gasteiger charge is -2.26. The van der Waals surface area contributed by atoms with E-state index in [2.05, 4.69) is 12.1 Å². The molecular weight excluding hydrogens is 500 g/mol. The maximum absolute atomic E-state index is 13.2. The molecule has 0 spiro atoms. The van der Waals surface area contributed by atoms with Crippen LogP contribution in [0.4, 0.5) is 0 Å². The molecule has 40 heavy (non-hydrogen) atoms. The van der Waals surface area contributed by atoms with Crippen LogP contribution in [0.1, 0.15) is 46.5 Å². The first-order valence-corrected chi connectivity index (χ1v) is 14.0. The number of piperidine rings is 1. The smallest absolute Gasteiger partial charge is 0.353 e. The van der Waals surface area contributed by atoms with Gasteiger partial charge < -0.3 is 19.3 Å². The number of amides is 1. The van der Waals surface area contributed by atoms with Crippen LogP contribution in [-0.2, 0) is 6.54 Å². The normalized spacial score (nSPS) is 13.6. The first-order valence-electron chi connectivity index (χ1n) is 14.0. The van der Waals surface area contributed by atoms with Crippen LogP contribution in [0.2, 0.25) is 0 Å². The minimum atomic E-state index is -0.992. The Labute approximate surface area is 233 Å². The maximum atomic E-state index is 13.2. The number of para-hydroxylation sites is 1. The Kier molecular flexibility index (Phi) is 7.23. The third kappa shape index (κ3) is 4.93. The van der Waals surface area contributed by atoms with Crippen LogP contribution < -0.4 is 4.74 Å². The standard InChI is InChI=1S/C34H32N2O4/c37-33(35-19-6-1-7-20-35)26-14-8-13-25(23-26)31-28-16-4-5-17-29(28)36(32(31)34(38)39)21-10-22-40-30-18-9-12-24-11-2-3-15-27(24)30/h2-5,8-9,11-18,23H,1,6-7,10,19-22H2,(H,38,39). The first kappa shape index (κ1) is 25.7. The Morgan fingerprint density at radius 3 is 2.35 bits per heavy atom. The molecule has 0 saturated carbocycles. The van der Waals surface area contributed by atoms with Crippen LogP contribution >= 0.6 is 0 Å². The van der Waals surface area contributed by atoms with Gasteiger partial charge in [-0.2, -0.15) is 0 Å². The number of aromatic carboxylic acids is 1. The van der Waals surface area contributed by atoms with E-state index in [1.807, 2.05) is 88.3 Å². The minimum Gasteiger partial charge on any atom is -0.493 e. The van der Waals surface area contributed by atoms with Gasteiger partial charge in [-0.1, -0.05) is 66.7 Å². The molecule has 0 radical (unpaired) electrons. The zero-order valence-corrected chi connectivity index (χ0v) is 22.4. The zero-order valence-electron chi connectivity index (χ0n) is 22.4. The lowest BCUT2D eigenvalue weighted by Crippen LogP contribution is -2.35. The number of aromatic nitrogens is 1. The molecule has 6 rings (SSSR count). The molecule has 2 heterocycles. The highest BCUT2D eigenvalue weighted by molar-refractivity contribution is 6.09. The quantitative estimate of drug-likeness (QED) is 0.214. The predicted molar refractivity (Wildman–Crippen MR) is 158 cm³/mol. The van der Waals surface area contributed by atoms with Gasteiger partial charge in [0.15, 0.2) is 0 Å². The summed E-state index contributed by atoms with van der Waals surface area (Å²) in [5.41, 5.74) is 3.06. The van der Waals surface area contributed by atoms with E-state index in [1.54, 1.807) is 0 Å². The maximum Gasteiger partial charge on any atom is 0.353 e. The molecule has 1 fully saturated rings. The number of carbonyl (C=O) groups excluding carboxylic acids is 1. The van der Waals surface area contributed by atoms with Crippen molar-refractivity contribution in [1.82, 2.24) is 9.47 Å². The molecule has 1 aliphatic heterocycles. The Hall–Kier alpha value is -4.58. The highest BCUT2D eigenvalue weighted by Gasteiger charge is 2.25. The number of ether oxygens (including phenoxy) is 1. The summed E-state index contributed by atoms with van der Waals surface area (Å²) in [6.07, 6.45) is 3.83. The molecule has 0 atom stereocenters. The Bertz CT molecular complexity index is 1690. The number of rotatable bonds is 8. The molecule has 1 aliphatic rings. The van der Waals surface area contributed by atoms with Crippen LogP contribution in [0.15, 0.2) is 91.0 Å². The molecule has 0 unspecified atom stereocenters. The average Bonchev–Trinajstić information content (AvgIpc) is 3.34. The van der Waals surface area contributed by atoms with Gasteiger partial charge in [0.1, 0.15) is 11.4 Å². The van der Waals surface area contributed by atoms with Crippen molar-refractivity contribution in [1.29, 1.82) is 0 Å². The summed E-state index contributed by atoms with van der Waals surface area (Å²) in [5.74, 6) is -0.161. The van der Waals surface area contributed by atoms with Crippen molar-refractivity contribution in [2.45, 2.75) is 32.2 Å². The van der Waals surface area contributed by atoms with E-state index < -0.39 is 5.97 Å². The third-order valence-corrected chi connectivity index (χ3v) is 7.75. The van der Waals surface area contributed by atoms with Crippen molar-refractivity contribution >= 4 is 33.6 Å². The van der Waals surface area contributed by atoms with Crippen molar-refractivity contribution in [2.75, 3.05) is 19.7 Å². The molecule has 6 heteroatoms. The molecule has 1 aromatic heterocycles. The predicted octanol–water partition coefficient (Wildman–Crippen LogP) is 7.25. The Morgan fingerprint density at radius 1 is 0.800 bits per heavy atom. The molecule has 1 saturated heterocycles. The van der Waals surface area contributed by atoms with Crippen LogP contribution in [0, 0.1) is 0 Å². The Balaban J connectivity index is 1.30. The van der Waals surface area contributed by atoms with E-state index in [0.29, 0.717) is 30.7 Å². The van der Waals surface area contributed by atoms with Crippen LogP contribution in [0.25, 0.3) is 32.8 Å². The summed E-state index contributed by atoms with van der Waals surface area (Å²) in [4.78, 5) is 27.9. The van der Waals surface area contributed by atoms with Crippen molar-refractivity contribution in [3.8, 4) is 16.9 Å². The summed E-state index contributed by atoms with van der Waals surface area (Å²) in [7, 11) is 0. The fourth-order valence-electron chi connectivity index (χ4n) is 5.86. The number of likely N-dealkylation sites (tertiary alicyclic amines) is 1. The van der Waals surface area contributed by atoms with Crippen LogP contribution in [0.5, 0.6) is 5.75 Å². The van der Waals surface area contributed by atoms with Crippen molar-refractivity contribution in [2.24, 2.45) is 0 Å². The SMILES string of the molecule is O=C(O)c1c(-c2cccc(C(=O)N3CCCCC3)c2)c2ccccc2n1CCCOc1cccc2ccccc12. The van der Waals surface area contributed by atoms with E-state index in [4.69, 9.17) is 4.74 Å². The molecule has 0 bridgehead atoms. The van der Waals surface area contributed by atoms with E-state index in [1.165, 1.54) is 0 Å². The number of aryl methyl sites for hydroxylation is 1. The Morgan fingerprint density at radius 2 is 1.52 bits per heavy atom. The van der Waals surface area contributed by atoms with Gasteiger partial charge in [0, 0.05) is 47.1 Å². The van der Waals surface area contributed by atoms with Crippen LogP contribution in [-0.4, -0.2) is 46.1 Å². The van der Waals surface area contributed by atoms with Gasteiger partial charge in [0.2, 0.25) is 0 Å². The average molecular weight is 533 g/mol. The number of benzene rings is 4. The summed E-state index contributed by atoms with van der Waals surface area (Å²) in [6, 6.07) is 29.3. The third-order valence-electron chi connectivity index (χ3n) is 7.75.